The van der Waals surface area contributed by atoms with Crippen molar-refractivity contribution in [3.8, 4) is 11.3 Å². The first kappa shape index (κ1) is 16.3. The van der Waals surface area contributed by atoms with Crippen molar-refractivity contribution in [3.05, 3.63) is 46.9 Å². The van der Waals surface area contributed by atoms with E-state index in [1.807, 2.05) is 22.4 Å². The molecular formula is C19H20FN3OS. The molecule has 0 radical (unpaired) electrons. The van der Waals surface area contributed by atoms with Gasteiger partial charge in [0.1, 0.15) is 10.7 Å². The molecule has 1 amide bonds. The van der Waals surface area contributed by atoms with E-state index in [0.29, 0.717) is 5.92 Å². The maximum absolute atomic E-state index is 13.1. The maximum Gasteiger partial charge on any atom is 0.265 e. The van der Waals surface area contributed by atoms with Crippen LogP contribution in [0.15, 0.2) is 30.5 Å². The average Bonchev–Trinajstić information content (AvgIpc) is 3.15. The molecule has 3 heterocycles. The van der Waals surface area contributed by atoms with Crippen LogP contribution in [0.1, 0.15) is 35.1 Å². The molecule has 4 nitrogen and oxygen atoms in total. The van der Waals surface area contributed by atoms with E-state index < -0.39 is 0 Å². The van der Waals surface area contributed by atoms with Crippen molar-refractivity contribution in [2.45, 2.75) is 26.7 Å². The summed E-state index contributed by atoms with van der Waals surface area (Å²) in [5.74, 6) is 0.416. The Labute approximate surface area is 149 Å². The van der Waals surface area contributed by atoms with Gasteiger partial charge in [-0.05, 0) is 49.9 Å². The van der Waals surface area contributed by atoms with Crippen molar-refractivity contribution in [3.63, 3.8) is 0 Å². The first-order chi connectivity index (χ1) is 12.0. The molecule has 4 rings (SSSR count). The number of piperidine rings is 1. The van der Waals surface area contributed by atoms with Crippen molar-refractivity contribution in [2.75, 3.05) is 13.1 Å². The number of thiazole rings is 1. The van der Waals surface area contributed by atoms with Gasteiger partial charge in [0.15, 0.2) is 4.96 Å². The fourth-order valence-corrected chi connectivity index (χ4v) is 4.50. The first-order valence-electron chi connectivity index (χ1n) is 8.56. The van der Waals surface area contributed by atoms with Crippen LogP contribution in [0.3, 0.4) is 0 Å². The number of fused-ring (bicyclic) bond motifs is 1. The Kier molecular flexibility index (Phi) is 4.07. The molecule has 1 atom stereocenters. The number of hydrogen-bond donors (Lipinski definition) is 0. The smallest absolute Gasteiger partial charge is 0.265 e. The number of hydrogen-bond acceptors (Lipinski definition) is 3. The van der Waals surface area contributed by atoms with Crippen LogP contribution in [0.2, 0.25) is 0 Å². The highest BCUT2D eigenvalue weighted by atomic mass is 32.1. The third-order valence-corrected chi connectivity index (χ3v) is 5.98. The zero-order valence-corrected chi connectivity index (χ0v) is 15.1. The molecule has 0 saturated carbocycles. The SMILES string of the molecule is Cc1c(C(=O)N2CCC[C@@H](C)C2)sc2nc(-c3ccc(F)cc3)cn12. The molecule has 0 bridgehead atoms. The van der Waals surface area contributed by atoms with Crippen molar-refractivity contribution in [2.24, 2.45) is 5.92 Å². The fourth-order valence-electron chi connectivity index (χ4n) is 3.43. The van der Waals surface area contributed by atoms with Gasteiger partial charge in [0.2, 0.25) is 0 Å². The van der Waals surface area contributed by atoms with E-state index in [9.17, 15) is 9.18 Å². The van der Waals surface area contributed by atoms with Crippen LogP contribution in [0, 0.1) is 18.7 Å². The Morgan fingerprint density at radius 3 is 2.76 bits per heavy atom. The van der Waals surface area contributed by atoms with E-state index in [1.54, 1.807) is 12.1 Å². The summed E-state index contributed by atoms with van der Waals surface area (Å²) in [7, 11) is 0. The lowest BCUT2D eigenvalue weighted by atomic mass is 10.0. The molecule has 0 spiro atoms. The molecule has 1 aromatic carbocycles. The third kappa shape index (κ3) is 2.95. The van der Waals surface area contributed by atoms with Gasteiger partial charge in [-0.1, -0.05) is 18.3 Å². The molecule has 1 aliphatic heterocycles. The van der Waals surface area contributed by atoms with Gasteiger partial charge in [0.25, 0.3) is 5.91 Å². The maximum atomic E-state index is 13.1. The highest BCUT2D eigenvalue weighted by molar-refractivity contribution is 7.19. The first-order valence-corrected chi connectivity index (χ1v) is 9.38. The van der Waals surface area contributed by atoms with Crippen LogP contribution in [-0.4, -0.2) is 33.3 Å². The minimum Gasteiger partial charge on any atom is -0.338 e. The van der Waals surface area contributed by atoms with Crippen LogP contribution >= 0.6 is 11.3 Å². The predicted octanol–water partition coefficient (Wildman–Crippen LogP) is 4.38. The fraction of sp³-hybridized carbons (Fsp3) is 0.368. The summed E-state index contributed by atoms with van der Waals surface area (Å²) < 4.78 is 15.1. The molecule has 1 fully saturated rings. The lowest BCUT2D eigenvalue weighted by molar-refractivity contribution is 0.0687. The van der Waals surface area contributed by atoms with E-state index >= 15 is 0 Å². The average molecular weight is 357 g/mol. The summed E-state index contributed by atoms with van der Waals surface area (Å²) in [6.07, 6.45) is 4.19. The molecule has 1 aliphatic rings. The largest absolute Gasteiger partial charge is 0.338 e. The number of halogens is 1. The lowest BCUT2D eigenvalue weighted by Crippen LogP contribution is -2.39. The van der Waals surface area contributed by atoms with E-state index in [4.69, 9.17) is 0 Å². The van der Waals surface area contributed by atoms with Crippen LogP contribution in [-0.2, 0) is 0 Å². The number of nitrogens with zero attached hydrogens (tertiary/aromatic N) is 3. The Balaban J connectivity index is 1.66. The highest BCUT2D eigenvalue weighted by Crippen LogP contribution is 2.29. The summed E-state index contributed by atoms with van der Waals surface area (Å²) in [5, 5.41) is 0. The summed E-state index contributed by atoms with van der Waals surface area (Å²) >= 11 is 1.43. The Bertz CT molecular complexity index is 928. The van der Waals surface area contributed by atoms with E-state index in [0.717, 1.165) is 46.3 Å². The van der Waals surface area contributed by atoms with Gasteiger partial charge in [0.05, 0.1) is 5.69 Å². The summed E-state index contributed by atoms with van der Waals surface area (Å²) in [4.78, 5) is 21.0. The number of likely N-dealkylation sites (tertiary alicyclic amines) is 1. The molecule has 1 saturated heterocycles. The Morgan fingerprint density at radius 2 is 2.08 bits per heavy atom. The quantitative estimate of drug-likeness (QED) is 0.682. The van der Waals surface area contributed by atoms with Crippen molar-refractivity contribution >= 4 is 22.2 Å². The van der Waals surface area contributed by atoms with Crippen LogP contribution in [0.25, 0.3) is 16.2 Å². The summed E-state index contributed by atoms with van der Waals surface area (Å²) in [6, 6.07) is 6.31. The normalized spacial score (nSPS) is 18.0. The number of aryl methyl sites for hydroxylation is 1. The van der Waals surface area contributed by atoms with Gasteiger partial charge in [-0.3, -0.25) is 9.20 Å². The van der Waals surface area contributed by atoms with Gasteiger partial charge in [-0.2, -0.15) is 0 Å². The summed E-state index contributed by atoms with van der Waals surface area (Å²) in [6.45, 7) is 5.83. The topological polar surface area (TPSA) is 37.6 Å². The molecule has 6 heteroatoms. The monoisotopic (exact) mass is 357 g/mol. The van der Waals surface area contributed by atoms with Crippen molar-refractivity contribution in [1.29, 1.82) is 0 Å². The van der Waals surface area contributed by atoms with Gasteiger partial charge in [0, 0.05) is 30.5 Å². The zero-order chi connectivity index (χ0) is 17.6. The molecule has 3 aromatic rings. The predicted molar refractivity (Wildman–Crippen MR) is 97.5 cm³/mol. The molecule has 2 aromatic heterocycles. The van der Waals surface area contributed by atoms with E-state index in [-0.39, 0.29) is 11.7 Å². The Hall–Kier alpha value is -2.21. The third-order valence-electron chi connectivity index (χ3n) is 4.84. The highest BCUT2D eigenvalue weighted by Gasteiger charge is 2.26. The molecule has 0 N–H and O–H groups in total. The minimum atomic E-state index is -0.260. The lowest BCUT2D eigenvalue weighted by Gasteiger charge is -2.30. The molecule has 25 heavy (non-hydrogen) atoms. The zero-order valence-electron chi connectivity index (χ0n) is 14.3. The molecule has 0 aliphatic carbocycles. The van der Waals surface area contributed by atoms with Crippen molar-refractivity contribution in [1.82, 2.24) is 14.3 Å². The number of amides is 1. The number of rotatable bonds is 2. The second-order valence-corrected chi connectivity index (χ2v) is 7.78. The second kappa shape index (κ2) is 6.26. The van der Waals surface area contributed by atoms with E-state index in [1.165, 1.54) is 29.9 Å². The summed E-state index contributed by atoms with van der Waals surface area (Å²) in [5.41, 5.74) is 2.58. The number of carbonyl (C=O) groups excluding carboxylic acids is 1. The number of aromatic nitrogens is 2. The van der Waals surface area contributed by atoms with Crippen molar-refractivity contribution < 1.29 is 9.18 Å². The standard InChI is InChI=1S/C19H20FN3OS/c1-12-4-3-9-22(10-12)18(24)17-13(2)23-11-16(21-19(23)25-17)14-5-7-15(20)8-6-14/h5-8,11-12H,3-4,9-10H2,1-2H3/t12-/m1/s1. The van der Waals surface area contributed by atoms with Gasteiger partial charge in [-0.25, -0.2) is 9.37 Å². The number of benzene rings is 1. The van der Waals surface area contributed by atoms with Crippen LogP contribution in [0.5, 0.6) is 0 Å². The molecule has 130 valence electrons. The molecule has 0 unspecified atom stereocenters. The number of imidazole rings is 1. The van der Waals surface area contributed by atoms with Crippen LogP contribution in [0.4, 0.5) is 4.39 Å². The van der Waals surface area contributed by atoms with E-state index in [2.05, 4.69) is 11.9 Å². The van der Waals surface area contributed by atoms with Gasteiger partial charge in [-0.15, -0.1) is 0 Å². The van der Waals surface area contributed by atoms with Gasteiger partial charge < -0.3 is 4.90 Å². The number of carbonyl (C=O) groups is 1. The molecular weight excluding hydrogens is 337 g/mol. The Morgan fingerprint density at radius 1 is 1.32 bits per heavy atom. The van der Waals surface area contributed by atoms with Gasteiger partial charge >= 0.3 is 0 Å². The minimum absolute atomic E-state index is 0.114. The second-order valence-electron chi connectivity index (χ2n) is 6.80. The van der Waals surface area contributed by atoms with Crippen LogP contribution < -0.4 is 0 Å².